The summed E-state index contributed by atoms with van der Waals surface area (Å²) in [4.78, 5) is 11.8. The highest BCUT2D eigenvalue weighted by Gasteiger charge is 2.21. The van der Waals surface area contributed by atoms with Crippen LogP contribution < -0.4 is 15.4 Å². The molecule has 1 saturated carbocycles. The Balaban J connectivity index is 1.94. The van der Waals surface area contributed by atoms with Crippen LogP contribution in [0.4, 0.5) is 5.69 Å². The highest BCUT2D eigenvalue weighted by atomic mass is 16.5. The molecule has 1 aliphatic rings. The van der Waals surface area contributed by atoms with Crippen molar-refractivity contribution >= 4 is 11.6 Å². The van der Waals surface area contributed by atoms with E-state index < -0.39 is 0 Å². The first kappa shape index (κ1) is 13.9. The molecule has 0 atom stereocenters. The number of anilines is 1. The fourth-order valence-corrected chi connectivity index (χ4v) is 1.78. The van der Waals surface area contributed by atoms with E-state index in [0.29, 0.717) is 19.2 Å². The Labute approximate surface area is 114 Å². The molecule has 0 bridgehead atoms. The van der Waals surface area contributed by atoms with Crippen LogP contribution in [0.2, 0.25) is 0 Å². The van der Waals surface area contributed by atoms with Crippen LogP contribution in [-0.4, -0.2) is 25.1 Å². The van der Waals surface area contributed by atoms with Gasteiger partial charge in [0.05, 0.1) is 18.8 Å². The van der Waals surface area contributed by atoms with Crippen molar-refractivity contribution in [1.82, 2.24) is 5.32 Å². The Bertz CT molecular complexity index is 442. The van der Waals surface area contributed by atoms with E-state index in [1.54, 1.807) is 0 Å². The second-order valence-corrected chi connectivity index (χ2v) is 5.05. The molecule has 0 radical (unpaired) electrons. The smallest absolute Gasteiger partial charge is 0.238 e. The molecule has 104 valence electrons. The fraction of sp³-hybridized carbons (Fsp3) is 0.533. The molecule has 0 unspecified atom stereocenters. The van der Waals surface area contributed by atoms with Gasteiger partial charge < -0.3 is 15.4 Å². The maximum Gasteiger partial charge on any atom is 0.238 e. The summed E-state index contributed by atoms with van der Waals surface area (Å²) in [7, 11) is 0. The SMILES string of the molecule is CCCOc1cc(C)ccc1NC(=O)CNC1CC1. The summed E-state index contributed by atoms with van der Waals surface area (Å²) in [5.74, 6) is 0.735. The van der Waals surface area contributed by atoms with Gasteiger partial charge >= 0.3 is 0 Å². The van der Waals surface area contributed by atoms with E-state index in [9.17, 15) is 4.79 Å². The van der Waals surface area contributed by atoms with Crippen LogP contribution in [0.25, 0.3) is 0 Å². The number of nitrogens with one attached hydrogen (secondary N) is 2. The summed E-state index contributed by atoms with van der Waals surface area (Å²) in [5, 5.41) is 6.10. The Hall–Kier alpha value is -1.55. The summed E-state index contributed by atoms with van der Waals surface area (Å²) in [6, 6.07) is 6.37. The van der Waals surface area contributed by atoms with Gasteiger partial charge in [-0.3, -0.25) is 4.79 Å². The fourth-order valence-electron chi connectivity index (χ4n) is 1.78. The molecule has 2 N–H and O–H groups in total. The number of ether oxygens (including phenoxy) is 1. The molecule has 0 spiro atoms. The molecule has 0 saturated heterocycles. The van der Waals surface area contributed by atoms with Gasteiger partial charge in [-0.15, -0.1) is 0 Å². The van der Waals surface area contributed by atoms with Crippen molar-refractivity contribution in [3.8, 4) is 5.75 Å². The minimum atomic E-state index is -0.0166. The van der Waals surface area contributed by atoms with Crippen molar-refractivity contribution in [2.75, 3.05) is 18.5 Å². The first-order valence-corrected chi connectivity index (χ1v) is 6.95. The lowest BCUT2D eigenvalue weighted by molar-refractivity contribution is -0.115. The van der Waals surface area contributed by atoms with E-state index >= 15 is 0 Å². The van der Waals surface area contributed by atoms with E-state index in [1.807, 2.05) is 25.1 Å². The Morgan fingerprint density at radius 3 is 2.89 bits per heavy atom. The van der Waals surface area contributed by atoms with Gasteiger partial charge in [0.1, 0.15) is 5.75 Å². The van der Waals surface area contributed by atoms with Crippen molar-refractivity contribution in [1.29, 1.82) is 0 Å². The summed E-state index contributed by atoms with van der Waals surface area (Å²) in [5.41, 5.74) is 1.88. The molecule has 1 aromatic rings. The van der Waals surface area contributed by atoms with Crippen molar-refractivity contribution in [3.05, 3.63) is 23.8 Å². The van der Waals surface area contributed by atoms with E-state index in [-0.39, 0.29) is 5.91 Å². The van der Waals surface area contributed by atoms with Crippen molar-refractivity contribution in [2.45, 2.75) is 39.2 Å². The van der Waals surface area contributed by atoms with E-state index in [4.69, 9.17) is 4.74 Å². The average molecular weight is 262 g/mol. The number of carbonyl (C=O) groups is 1. The first-order chi connectivity index (χ1) is 9.19. The number of benzene rings is 1. The lowest BCUT2D eigenvalue weighted by atomic mass is 10.2. The molecule has 0 aromatic heterocycles. The molecule has 1 amide bonds. The first-order valence-electron chi connectivity index (χ1n) is 6.95. The third-order valence-corrected chi connectivity index (χ3v) is 3.00. The van der Waals surface area contributed by atoms with Gasteiger partial charge in [-0.2, -0.15) is 0 Å². The van der Waals surface area contributed by atoms with Crippen molar-refractivity contribution < 1.29 is 9.53 Å². The predicted octanol–water partition coefficient (Wildman–Crippen LogP) is 2.47. The lowest BCUT2D eigenvalue weighted by Crippen LogP contribution is -2.29. The highest BCUT2D eigenvalue weighted by molar-refractivity contribution is 5.93. The lowest BCUT2D eigenvalue weighted by Gasteiger charge is -2.13. The molecule has 1 fully saturated rings. The summed E-state index contributed by atoms with van der Waals surface area (Å²) < 4.78 is 5.67. The van der Waals surface area contributed by atoms with Gasteiger partial charge in [0, 0.05) is 6.04 Å². The number of hydrogen-bond donors (Lipinski definition) is 2. The maximum absolute atomic E-state index is 11.8. The second-order valence-electron chi connectivity index (χ2n) is 5.05. The van der Waals surface area contributed by atoms with Crippen molar-refractivity contribution in [2.24, 2.45) is 0 Å². The summed E-state index contributed by atoms with van der Waals surface area (Å²) in [6.45, 7) is 5.10. The van der Waals surface area contributed by atoms with Crippen LogP contribution >= 0.6 is 0 Å². The summed E-state index contributed by atoms with van der Waals surface area (Å²) >= 11 is 0. The number of hydrogen-bond acceptors (Lipinski definition) is 3. The summed E-state index contributed by atoms with van der Waals surface area (Å²) in [6.07, 6.45) is 3.32. The van der Waals surface area contributed by atoms with Gasteiger partial charge in [-0.25, -0.2) is 0 Å². The third-order valence-electron chi connectivity index (χ3n) is 3.00. The van der Waals surface area contributed by atoms with Gasteiger partial charge in [-0.05, 0) is 43.9 Å². The van der Waals surface area contributed by atoms with Gasteiger partial charge in [0.2, 0.25) is 5.91 Å². The minimum absolute atomic E-state index is 0.0166. The van der Waals surface area contributed by atoms with Crippen LogP contribution in [0.5, 0.6) is 5.75 Å². The standard InChI is InChI=1S/C15H22N2O2/c1-3-8-19-14-9-11(2)4-7-13(14)17-15(18)10-16-12-5-6-12/h4,7,9,12,16H,3,5-6,8,10H2,1-2H3,(H,17,18). The van der Waals surface area contributed by atoms with Gasteiger partial charge in [-0.1, -0.05) is 13.0 Å². The zero-order valence-electron chi connectivity index (χ0n) is 11.7. The topological polar surface area (TPSA) is 50.4 Å². The maximum atomic E-state index is 11.8. The Morgan fingerprint density at radius 1 is 1.42 bits per heavy atom. The zero-order valence-corrected chi connectivity index (χ0v) is 11.7. The zero-order chi connectivity index (χ0) is 13.7. The molecule has 4 nitrogen and oxygen atoms in total. The monoisotopic (exact) mass is 262 g/mol. The average Bonchev–Trinajstić information content (AvgIpc) is 3.21. The Kier molecular flexibility index (Phi) is 4.80. The van der Waals surface area contributed by atoms with Crippen LogP contribution in [0, 0.1) is 6.92 Å². The quantitative estimate of drug-likeness (QED) is 0.793. The number of carbonyl (C=O) groups excluding carboxylic acids is 1. The molecular weight excluding hydrogens is 240 g/mol. The normalized spacial score (nSPS) is 14.2. The van der Waals surface area contributed by atoms with Gasteiger partial charge in [0.15, 0.2) is 0 Å². The van der Waals surface area contributed by atoms with E-state index in [1.165, 1.54) is 12.8 Å². The van der Waals surface area contributed by atoms with Crippen LogP contribution in [0.1, 0.15) is 31.7 Å². The minimum Gasteiger partial charge on any atom is -0.491 e. The molecule has 0 heterocycles. The Morgan fingerprint density at radius 2 is 2.21 bits per heavy atom. The third kappa shape index (κ3) is 4.56. The molecule has 19 heavy (non-hydrogen) atoms. The highest BCUT2D eigenvalue weighted by Crippen LogP contribution is 2.26. The number of amides is 1. The predicted molar refractivity (Wildman–Crippen MR) is 76.6 cm³/mol. The van der Waals surface area contributed by atoms with Crippen LogP contribution in [0.15, 0.2) is 18.2 Å². The number of rotatable bonds is 7. The molecular formula is C15H22N2O2. The van der Waals surface area contributed by atoms with E-state index in [0.717, 1.165) is 23.4 Å². The largest absolute Gasteiger partial charge is 0.491 e. The van der Waals surface area contributed by atoms with Crippen LogP contribution in [0.3, 0.4) is 0 Å². The van der Waals surface area contributed by atoms with Crippen LogP contribution in [-0.2, 0) is 4.79 Å². The molecule has 0 aliphatic heterocycles. The van der Waals surface area contributed by atoms with E-state index in [2.05, 4.69) is 17.6 Å². The molecule has 1 aliphatic carbocycles. The van der Waals surface area contributed by atoms with Gasteiger partial charge in [0.25, 0.3) is 0 Å². The molecule has 4 heteroatoms. The molecule has 1 aromatic carbocycles. The number of aryl methyl sites for hydroxylation is 1. The molecule has 2 rings (SSSR count). The second kappa shape index (κ2) is 6.57. The van der Waals surface area contributed by atoms with Crippen molar-refractivity contribution in [3.63, 3.8) is 0 Å².